The van der Waals surface area contributed by atoms with Crippen LogP contribution in [0.2, 0.25) is 0 Å². The van der Waals surface area contributed by atoms with Crippen LogP contribution >= 0.6 is 0 Å². The first-order valence-electron chi connectivity index (χ1n) is 13.7. The second-order valence-electron chi connectivity index (χ2n) is 10.7. The van der Waals surface area contributed by atoms with Gasteiger partial charge in [-0.1, -0.05) is 31.0 Å². The topological polar surface area (TPSA) is 105 Å². The number of pyridine rings is 1. The molecule has 2 atom stereocenters. The Morgan fingerprint density at radius 1 is 0.927 bits per heavy atom. The van der Waals surface area contributed by atoms with Crippen LogP contribution in [0.5, 0.6) is 17.2 Å². The third kappa shape index (κ3) is 6.25. The number of furan rings is 1. The minimum Gasteiger partial charge on any atom is -0.493 e. The van der Waals surface area contributed by atoms with Crippen molar-refractivity contribution in [1.29, 1.82) is 0 Å². The first-order chi connectivity index (χ1) is 19.7. The molecule has 41 heavy (non-hydrogen) atoms. The molecule has 2 aromatic carbocycles. The average Bonchev–Trinajstić information content (AvgIpc) is 3.41. The number of ether oxygens (including phenoxy) is 3. The number of nitrogens with zero attached hydrogens (tertiary/aromatic N) is 1. The van der Waals surface area contributed by atoms with E-state index in [2.05, 4.69) is 4.98 Å². The molecule has 1 aliphatic carbocycles. The average molecular weight is 578 g/mol. The van der Waals surface area contributed by atoms with Crippen molar-refractivity contribution >= 4 is 26.7 Å². The van der Waals surface area contributed by atoms with Crippen molar-refractivity contribution in [2.45, 2.75) is 32.1 Å². The highest BCUT2D eigenvalue weighted by atomic mass is 32.2. The van der Waals surface area contributed by atoms with E-state index < -0.39 is 9.84 Å². The lowest BCUT2D eigenvalue weighted by molar-refractivity contribution is 0.0928. The zero-order valence-corrected chi connectivity index (χ0v) is 24.6. The van der Waals surface area contributed by atoms with Gasteiger partial charge >= 0.3 is 0 Å². The molecule has 0 N–H and O–H groups in total. The molecule has 1 aliphatic rings. The third-order valence-corrected chi connectivity index (χ3v) is 8.92. The van der Waals surface area contributed by atoms with Gasteiger partial charge in [0.25, 0.3) is 0 Å². The minimum absolute atomic E-state index is 0.0279. The summed E-state index contributed by atoms with van der Waals surface area (Å²) in [5, 5.41) is 0. The Balaban J connectivity index is 1.45. The lowest BCUT2D eigenvalue weighted by Crippen LogP contribution is -2.28. The molecule has 1 saturated carbocycles. The van der Waals surface area contributed by atoms with E-state index in [-0.39, 0.29) is 23.4 Å². The molecule has 0 radical (unpaired) electrons. The summed E-state index contributed by atoms with van der Waals surface area (Å²) in [6, 6.07) is 14.9. The van der Waals surface area contributed by atoms with Gasteiger partial charge in [0.15, 0.2) is 22.9 Å². The van der Waals surface area contributed by atoms with E-state index in [1.807, 2.05) is 48.5 Å². The summed E-state index contributed by atoms with van der Waals surface area (Å²) in [5.74, 6) is 2.38. The number of sulfone groups is 1. The fraction of sp³-hybridized carbons (Fsp3) is 0.375. The van der Waals surface area contributed by atoms with E-state index in [1.54, 1.807) is 27.5 Å². The van der Waals surface area contributed by atoms with Gasteiger partial charge < -0.3 is 18.6 Å². The minimum atomic E-state index is -3.10. The molecule has 0 unspecified atom stereocenters. The molecule has 0 aliphatic heterocycles. The van der Waals surface area contributed by atoms with E-state index in [1.165, 1.54) is 6.26 Å². The molecule has 4 aromatic rings. The van der Waals surface area contributed by atoms with Gasteiger partial charge in [0.2, 0.25) is 5.75 Å². The molecule has 0 amide bonds. The van der Waals surface area contributed by atoms with Crippen LogP contribution in [0.3, 0.4) is 0 Å². The Kier molecular flexibility index (Phi) is 8.35. The van der Waals surface area contributed by atoms with E-state index in [9.17, 15) is 13.2 Å². The molecule has 5 rings (SSSR count). The van der Waals surface area contributed by atoms with E-state index in [0.29, 0.717) is 46.1 Å². The Bertz CT molecular complexity index is 1650. The molecular formula is C32H35NO7S. The molecule has 0 bridgehead atoms. The maximum absolute atomic E-state index is 13.4. The number of hydrogen-bond acceptors (Lipinski definition) is 8. The Hall–Kier alpha value is -3.85. The summed E-state index contributed by atoms with van der Waals surface area (Å²) in [7, 11) is 1.58. The van der Waals surface area contributed by atoms with E-state index >= 15 is 0 Å². The fourth-order valence-electron chi connectivity index (χ4n) is 5.91. The predicted octanol–water partition coefficient (Wildman–Crippen LogP) is 6.61. The van der Waals surface area contributed by atoms with Crippen molar-refractivity contribution in [3.05, 3.63) is 60.3 Å². The number of aromatic nitrogens is 1. The summed E-state index contributed by atoms with van der Waals surface area (Å²) in [6.45, 7) is 0. The van der Waals surface area contributed by atoms with Gasteiger partial charge in [0.05, 0.1) is 27.1 Å². The zero-order valence-electron chi connectivity index (χ0n) is 23.8. The zero-order chi connectivity index (χ0) is 29.1. The Morgan fingerprint density at radius 3 is 2.29 bits per heavy atom. The summed E-state index contributed by atoms with van der Waals surface area (Å²) < 4.78 is 46.7. The van der Waals surface area contributed by atoms with Gasteiger partial charge in [-0.05, 0) is 54.5 Å². The maximum Gasteiger partial charge on any atom is 0.203 e. The predicted molar refractivity (Wildman–Crippen MR) is 159 cm³/mol. The molecule has 0 saturated heterocycles. The van der Waals surface area contributed by atoms with E-state index in [0.717, 1.165) is 42.4 Å². The smallest absolute Gasteiger partial charge is 0.203 e. The van der Waals surface area contributed by atoms with Crippen LogP contribution in [0.25, 0.3) is 33.6 Å². The summed E-state index contributed by atoms with van der Waals surface area (Å²) in [4.78, 5) is 17.9. The number of hydrogen-bond donors (Lipinski definition) is 0. The first-order valence-corrected chi connectivity index (χ1v) is 15.8. The molecular weight excluding hydrogens is 542 g/mol. The molecule has 2 heterocycles. The quantitative estimate of drug-likeness (QED) is 0.194. The van der Waals surface area contributed by atoms with Crippen LogP contribution < -0.4 is 14.2 Å². The highest BCUT2D eigenvalue weighted by Gasteiger charge is 2.30. The second-order valence-corrected chi connectivity index (χ2v) is 12.9. The SMILES string of the molecule is COc1cc(-c2cc3nccc(-c4cccc(C(=O)C[C@@H]5CCCC[C@@H]5CS(C)(=O)=O)c4)c3o2)cc(OC)c1OC. The fourth-order valence-corrected chi connectivity index (χ4v) is 7.13. The number of rotatable bonds is 10. The van der Waals surface area contributed by atoms with Crippen molar-refractivity contribution in [3.8, 4) is 39.7 Å². The maximum atomic E-state index is 13.4. The second kappa shape index (κ2) is 11.9. The van der Waals surface area contributed by atoms with Gasteiger partial charge in [-0.25, -0.2) is 8.42 Å². The normalized spacial score (nSPS) is 17.4. The van der Waals surface area contributed by atoms with Gasteiger partial charge in [0.1, 0.15) is 21.1 Å². The van der Waals surface area contributed by atoms with Gasteiger partial charge in [-0.3, -0.25) is 9.78 Å². The van der Waals surface area contributed by atoms with Crippen molar-refractivity contribution in [2.75, 3.05) is 33.3 Å². The van der Waals surface area contributed by atoms with Crippen LogP contribution in [0.15, 0.2) is 59.1 Å². The number of carbonyl (C=O) groups is 1. The van der Waals surface area contributed by atoms with Crippen molar-refractivity contribution in [1.82, 2.24) is 4.98 Å². The summed E-state index contributed by atoms with van der Waals surface area (Å²) in [6.07, 6.45) is 7.13. The molecule has 1 fully saturated rings. The number of carbonyl (C=O) groups excluding carboxylic acids is 1. The molecule has 216 valence electrons. The number of benzene rings is 2. The molecule has 9 heteroatoms. The number of fused-ring (bicyclic) bond motifs is 1. The Labute approximate surface area is 240 Å². The largest absolute Gasteiger partial charge is 0.493 e. The molecule has 2 aromatic heterocycles. The number of Topliss-reactive ketones (excluding diaryl/α,β-unsaturated/α-hetero) is 1. The lowest BCUT2D eigenvalue weighted by atomic mass is 9.77. The van der Waals surface area contributed by atoms with Crippen LogP contribution in [0.1, 0.15) is 42.5 Å². The standard InChI is InChI=1S/C32H35NO7S/c1-37-29-16-24(17-30(38-2)32(29)39-3)28-18-26-31(40-28)25(12-13-33-26)21-10-7-11-22(14-21)27(34)15-20-8-5-6-9-23(20)19-41(4,35)36/h7,10-14,16-18,20,23H,5-6,8-9,15,19H2,1-4H3/t20-,23+/m0/s1. The first kappa shape index (κ1) is 28.7. The van der Waals surface area contributed by atoms with Gasteiger partial charge in [-0.15, -0.1) is 0 Å². The highest BCUT2D eigenvalue weighted by Crippen LogP contribution is 2.43. The third-order valence-electron chi connectivity index (χ3n) is 7.89. The van der Waals surface area contributed by atoms with E-state index in [4.69, 9.17) is 18.6 Å². The lowest BCUT2D eigenvalue weighted by Gasteiger charge is -2.30. The van der Waals surface area contributed by atoms with Crippen molar-refractivity contribution in [3.63, 3.8) is 0 Å². The highest BCUT2D eigenvalue weighted by molar-refractivity contribution is 7.90. The van der Waals surface area contributed by atoms with Crippen LogP contribution in [-0.2, 0) is 9.84 Å². The van der Waals surface area contributed by atoms with Crippen LogP contribution in [0.4, 0.5) is 0 Å². The van der Waals surface area contributed by atoms with Gasteiger partial charge in [0, 0.05) is 41.6 Å². The number of methoxy groups -OCH3 is 3. The summed E-state index contributed by atoms with van der Waals surface area (Å²) >= 11 is 0. The van der Waals surface area contributed by atoms with Gasteiger partial charge in [-0.2, -0.15) is 0 Å². The molecule has 8 nitrogen and oxygen atoms in total. The monoisotopic (exact) mass is 577 g/mol. The van der Waals surface area contributed by atoms with Crippen molar-refractivity contribution < 1.29 is 31.8 Å². The van der Waals surface area contributed by atoms with Crippen LogP contribution in [-0.4, -0.2) is 52.5 Å². The molecule has 0 spiro atoms. The number of ketones is 1. The van der Waals surface area contributed by atoms with Crippen molar-refractivity contribution in [2.24, 2.45) is 11.8 Å². The Morgan fingerprint density at radius 2 is 1.63 bits per heavy atom. The summed E-state index contributed by atoms with van der Waals surface area (Å²) in [5.41, 5.74) is 4.27. The van der Waals surface area contributed by atoms with Crippen LogP contribution in [0, 0.1) is 11.8 Å².